The van der Waals surface area contributed by atoms with Crippen LogP contribution in [0.4, 0.5) is 5.82 Å². The quantitative estimate of drug-likeness (QED) is 0.824. The molecule has 8 heteroatoms. The van der Waals surface area contributed by atoms with Gasteiger partial charge in [0.05, 0.1) is 22.7 Å². The molecule has 2 aliphatic carbocycles. The van der Waals surface area contributed by atoms with Crippen LogP contribution in [0.5, 0.6) is 0 Å². The highest BCUT2D eigenvalue weighted by Gasteiger charge is 2.45. The second-order valence-electron chi connectivity index (χ2n) is 7.81. The van der Waals surface area contributed by atoms with Crippen LogP contribution < -0.4 is 4.90 Å². The zero-order valence-corrected chi connectivity index (χ0v) is 15.3. The fraction of sp³-hybridized carbons (Fsp3) is 0.765. The Morgan fingerprint density at radius 3 is 2.60 bits per heavy atom. The summed E-state index contributed by atoms with van der Waals surface area (Å²) in [6, 6.07) is 1.40. The summed E-state index contributed by atoms with van der Waals surface area (Å²) < 4.78 is 27.3. The molecule has 2 unspecified atom stereocenters. The number of hydrogen-bond donors (Lipinski definition) is 1. The molecule has 0 aromatic carbocycles. The summed E-state index contributed by atoms with van der Waals surface area (Å²) in [7, 11) is -3.26. The van der Waals surface area contributed by atoms with Crippen molar-refractivity contribution in [2.75, 3.05) is 17.2 Å². The van der Waals surface area contributed by atoms with Crippen LogP contribution in [0.3, 0.4) is 0 Å². The fourth-order valence-corrected chi connectivity index (χ4v) is 6.04. The lowest BCUT2D eigenvalue weighted by molar-refractivity contribution is -0.138. The number of nitrogens with zero attached hydrogens (tertiary/aromatic N) is 3. The Morgan fingerprint density at radius 1 is 1.32 bits per heavy atom. The molecule has 0 bridgehead atoms. The monoisotopic (exact) mass is 367 g/mol. The zero-order chi connectivity index (χ0) is 17.8. The van der Waals surface area contributed by atoms with E-state index in [1.165, 1.54) is 0 Å². The maximum absolute atomic E-state index is 12.7. The summed E-state index contributed by atoms with van der Waals surface area (Å²) in [5.41, 5.74) is 0.843. The molecule has 1 aliphatic heterocycles. The largest absolute Gasteiger partial charge is 0.480 e. The average molecular weight is 367 g/mol. The second-order valence-corrected chi connectivity index (χ2v) is 10.1. The summed E-state index contributed by atoms with van der Waals surface area (Å²) >= 11 is 0. The molecule has 3 fully saturated rings. The summed E-state index contributed by atoms with van der Waals surface area (Å²) in [6.07, 6.45) is 5.37. The minimum absolute atomic E-state index is 0.166. The van der Waals surface area contributed by atoms with Gasteiger partial charge in [0.1, 0.15) is 11.9 Å². The van der Waals surface area contributed by atoms with Crippen LogP contribution in [0.1, 0.15) is 50.3 Å². The third-order valence-electron chi connectivity index (χ3n) is 5.77. The summed E-state index contributed by atoms with van der Waals surface area (Å²) in [4.78, 5) is 13.6. The third kappa shape index (κ3) is 3.16. The van der Waals surface area contributed by atoms with Gasteiger partial charge < -0.3 is 10.0 Å². The van der Waals surface area contributed by atoms with Gasteiger partial charge in [-0.3, -0.25) is 0 Å². The van der Waals surface area contributed by atoms with Crippen molar-refractivity contribution in [2.45, 2.75) is 62.8 Å². The Balaban J connectivity index is 1.62. The molecule has 3 aliphatic rings. The first-order chi connectivity index (χ1) is 11.8. The van der Waals surface area contributed by atoms with Crippen LogP contribution in [-0.4, -0.2) is 52.9 Å². The molecule has 1 N–H and O–H groups in total. The Bertz CT molecular complexity index is 780. The standard InChI is InChI=1S/C17H25N3O4S/c1-11-7-16(20(18-11)13-3-2-4-13)19-9-14(8-15(19)17(21)22)25(23,24)10-12-5-6-12/h7,12-15H,2-6,8-10H2,1H3,(H,21,22). The molecule has 25 heavy (non-hydrogen) atoms. The minimum atomic E-state index is -3.26. The number of hydrogen-bond acceptors (Lipinski definition) is 5. The van der Waals surface area contributed by atoms with Crippen molar-refractivity contribution < 1.29 is 18.3 Å². The van der Waals surface area contributed by atoms with Gasteiger partial charge in [-0.2, -0.15) is 5.10 Å². The molecule has 0 spiro atoms. The average Bonchev–Trinajstić information content (AvgIpc) is 3.02. The molecule has 0 radical (unpaired) electrons. The van der Waals surface area contributed by atoms with Crippen molar-refractivity contribution in [2.24, 2.45) is 5.92 Å². The van der Waals surface area contributed by atoms with E-state index in [0.29, 0.717) is 6.04 Å². The van der Waals surface area contributed by atoms with Gasteiger partial charge in [0, 0.05) is 12.6 Å². The van der Waals surface area contributed by atoms with Crippen LogP contribution in [0.15, 0.2) is 6.07 Å². The molecule has 138 valence electrons. The number of aryl methyl sites for hydroxylation is 1. The van der Waals surface area contributed by atoms with Gasteiger partial charge in [0.2, 0.25) is 0 Å². The maximum atomic E-state index is 12.7. The molecule has 1 saturated heterocycles. The Hall–Kier alpha value is -1.57. The summed E-state index contributed by atoms with van der Waals surface area (Å²) in [5, 5.41) is 13.6. The first-order valence-electron chi connectivity index (χ1n) is 9.12. The molecular formula is C17H25N3O4S. The fourth-order valence-electron chi connectivity index (χ4n) is 3.91. The Kier molecular flexibility index (Phi) is 4.05. The molecule has 2 heterocycles. The van der Waals surface area contributed by atoms with Crippen LogP contribution in [0, 0.1) is 12.8 Å². The SMILES string of the molecule is Cc1cc(N2CC(S(=O)(=O)CC3CC3)CC2C(=O)O)n(C2CCC2)n1. The van der Waals surface area contributed by atoms with Crippen LogP contribution in [-0.2, 0) is 14.6 Å². The van der Waals surface area contributed by atoms with Gasteiger partial charge in [-0.15, -0.1) is 0 Å². The zero-order valence-electron chi connectivity index (χ0n) is 14.5. The van der Waals surface area contributed by atoms with Crippen molar-refractivity contribution in [3.05, 3.63) is 11.8 Å². The normalized spacial score (nSPS) is 27.5. The van der Waals surface area contributed by atoms with E-state index in [9.17, 15) is 18.3 Å². The molecule has 2 atom stereocenters. The highest BCUT2D eigenvalue weighted by molar-refractivity contribution is 7.92. The van der Waals surface area contributed by atoms with E-state index in [0.717, 1.165) is 43.6 Å². The van der Waals surface area contributed by atoms with E-state index in [-0.39, 0.29) is 24.6 Å². The summed E-state index contributed by atoms with van der Waals surface area (Å²) in [5.74, 6) is 0.297. The van der Waals surface area contributed by atoms with E-state index >= 15 is 0 Å². The van der Waals surface area contributed by atoms with Gasteiger partial charge in [-0.25, -0.2) is 17.9 Å². The Morgan fingerprint density at radius 2 is 2.04 bits per heavy atom. The van der Waals surface area contributed by atoms with E-state index in [1.54, 1.807) is 4.90 Å². The Labute approximate surface area is 147 Å². The van der Waals surface area contributed by atoms with Gasteiger partial charge >= 0.3 is 5.97 Å². The van der Waals surface area contributed by atoms with Gasteiger partial charge in [0.25, 0.3) is 0 Å². The van der Waals surface area contributed by atoms with Crippen molar-refractivity contribution in [1.29, 1.82) is 0 Å². The van der Waals surface area contributed by atoms with Crippen LogP contribution in [0.2, 0.25) is 0 Å². The summed E-state index contributed by atoms with van der Waals surface area (Å²) in [6.45, 7) is 2.15. The van der Waals surface area contributed by atoms with Crippen molar-refractivity contribution in [1.82, 2.24) is 9.78 Å². The lowest BCUT2D eigenvalue weighted by Crippen LogP contribution is -2.38. The van der Waals surface area contributed by atoms with E-state index in [4.69, 9.17) is 0 Å². The molecule has 1 aromatic rings. The molecule has 4 rings (SSSR count). The topological polar surface area (TPSA) is 92.5 Å². The molecular weight excluding hydrogens is 342 g/mol. The first kappa shape index (κ1) is 16.9. The number of rotatable bonds is 6. The van der Waals surface area contributed by atoms with Gasteiger partial charge in [-0.1, -0.05) is 0 Å². The number of carbonyl (C=O) groups is 1. The van der Waals surface area contributed by atoms with Crippen molar-refractivity contribution in [3.8, 4) is 0 Å². The molecule has 7 nitrogen and oxygen atoms in total. The second kappa shape index (κ2) is 6.00. The smallest absolute Gasteiger partial charge is 0.326 e. The minimum Gasteiger partial charge on any atom is -0.480 e. The number of anilines is 1. The molecule has 1 aromatic heterocycles. The molecule has 0 amide bonds. The highest BCUT2D eigenvalue weighted by Crippen LogP contribution is 2.39. The van der Waals surface area contributed by atoms with Crippen molar-refractivity contribution >= 4 is 21.6 Å². The first-order valence-corrected chi connectivity index (χ1v) is 10.8. The van der Waals surface area contributed by atoms with Crippen LogP contribution >= 0.6 is 0 Å². The predicted octanol–water partition coefficient (Wildman–Crippen LogP) is 1.77. The lowest BCUT2D eigenvalue weighted by Gasteiger charge is -2.31. The van der Waals surface area contributed by atoms with Crippen molar-refractivity contribution in [3.63, 3.8) is 0 Å². The predicted molar refractivity (Wildman–Crippen MR) is 93.5 cm³/mol. The van der Waals surface area contributed by atoms with E-state index < -0.39 is 27.1 Å². The van der Waals surface area contributed by atoms with Crippen LogP contribution in [0.25, 0.3) is 0 Å². The molecule has 2 saturated carbocycles. The number of aromatic nitrogens is 2. The number of carboxylic acids is 1. The third-order valence-corrected chi connectivity index (χ3v) is 8.07. The lowest BCUT2D eigenvalue weighted by atomic mass is 9.93. The maximum Gasteiger partial charge on any atom is 0.326 e. The number of aliphatic carboxylic acids is 1. The highest BCUT2D eigenvalue weighted by atomic mass is 32.2. The number of carboxylic acid groups (broad SMARTS) is 1. The van der Waals surface area contributed by atoms with Gasteiger partial charge in [0.15, 0.2) is 9.84 Å². The number of sulfone groups is 1. The van der Waals surface area contributed by atoms with Gasteiger partial charge in [-0.05, 0) is 51.4 Å². The van der Waals surface area contributed by atoms with E-state index in [1.807, 2.05) is 17.7 Å². The van der Waals surface area contributed by atoms with E-state index in [2.05, 4.69) is 5.10 Å².